The van der Waals surface area contributed by atoms with E-state index in [1.165, 1.54) is 48.8 Å². The van der Waals surface area contributed by atoms with Gasteiger partial charge in [0, 0.05) is 31.3 Å². The van der Waals surface area contributed by atoms with E-state index in [0.29, 0.717) is 22.7 Å². The van der Waals surface area contributed by atoms with Gasteiger partial charge in [-0.25, -0.2) is 0 Å². The lowest BCUT2D eigenvalue weighted by Gasteiger charge is -2.69. The molecule has 4 aliphatic carbocycles. The molecule has 4 aliphatic rings. The summed E-state index contributed by atoms with van der Waals surface area (Å²) in [5.41, 5.74) is 4.71. The lowest BCUT2D eigenvalue weighted by molar-refractivity contribution is -0.205. The number of carbonyl (C=O) groups is 1. The fraction of sp³-hybridized carbons (Fsp3) is 0.629. The molecule has 7 atom stereocenters. The van der Waals surface area contributed by atoms with Gasteiger partial charge in [0.05, 0.1) is 0 Å². The van der Waals surface area contributed by atoms with Crippen molar-refractivity contribution in [3.05, 3.63) is 65.5 Å². The molecule has 0 N–H and O–H groups in total. The maximum absolute atomic E-state index is 12.6. The van der Waals surface area contributed by atoms with Crippen LogP contribution in [0, 0.1) is 34.0 Å². The number of ether oxygens (including phenoxy) is 1. The van der Waals surface area contributed by atoms with Crippen molar-refractivity contribution in [2.45, 2.75) is 105 Å². The number of fused-ring (bicyclic) bond motifs is 7. The highest BCUT2D eigenvalue weighted by atomic mass is 16.5. The van der Waals surface area contributed by atoms with E-state index >= 15 is 0 Å². The van der Waals surface area contributed by atoms with Crippen LogP contribution >= 0.6 is 0 Å². The SMILES string of the molecule is CC(=O)O[C@@H]1C[C@H]2[C@@]3(C)CCCC(C)(C)[C@H]3CC[C@@]2(C)[C@@H]2C=Cc3cn(CCc4ccccc4)cc3[C@@]12C. The molecular weight excluding hydrogens is 466 g/mol. The first kappa shape index (κ1) is 26.0. The zero-order chi connectivity index (χ0) is 26.9. The molecule has 0 saturated heterocycles. The van der Waals surface area contributed by atoms with Crippen molar-refractivity contribution in [2.75, 3.05) is 0 Å². The van der Waals surface area contributed by atoms with Gasteiger partial charge in [-0.2, -0.15) is 0 Å². The van der Waals surface area contributed by atoms with Gasteiger partial charge in [-0.05, 0) is 89.2 Å². The second-order valence-corrected chi connectivity index (χ2v) is 14.6. The Morgan fingerprint density at radius 2 is 1.74 bits per heavy atom. The van der Waals surface area contributed by atoms with Gasteiger partial charge >= 0.3 is 5.97 Å². The van der Waals surface area contributed by atoms with Crippen molar-refractivity contribution in [3.8, 4) is 0 Å². The van der Waals surface area contributed by atoms with E-state index in [4.69, 9.17) is 4.74 Å². The maximum Gasteiger partial charge on any atom is 0.302 e. The number of rotatable bonds is 4. The number of benzene rings is 1. The normalized spacial score (nSPS) is 38.9. The number of hydrogen-bond acceptors (Lipinski definition) is 2. The van der Waals surface area contributed by atoms with Crippen LogP contribution in [0.5, 0.6) is 0 Å². The molecule has 0 bridgehead atoms. The van der Waals surface area contributed by atoms with E-state index in [2.05, 4.69) is 94.1 Å². The molecule has 3 fully saturated rings. The molecule has 1 heterocycles. The maximum atomic E-state index is 12.6. The van der Waals surface area contributed by atoms with Crippen LogP contribution in [0.4, 0.5) is 0 Å². The van der Waals surface area contributed by atoms with Crippen LogP contribution in [-0.4, -0.2) is 16.6 Å². The van der Waals surface area contributed by atoms with Crippen molar-refractivity contribution in [1.82, 2.24) is 4.57 Å². The molecule has 6 rings (SSSR count). The van der Waals surface area contributed by atoms with Crippen LogP contribution in [0.25, 0.3) is 6.08 Å². The molecule has 2 aromatic rings. The average molecular weight is 514 g/mol. The van der Waals surface area contributed by atoms with E-state index in [0.717, 1.165) is 25.3 Å². The van der Waals surface area contributed by atoms with E-state index < -0.39 is 0 Å². The summed E-state index contributed by atoms with van der Waals surface area (Å²) in [7, 11) is 0. The van der Waals surface area contributed by atoms with E-state index in [9.17, 15) is 4.79 Å². The van der Waals surface area contributed by atoms with Crippen molar-refractivity contribution in [1.29, 1.82) is 0 Å². The number of carbonyl (C=O) groups excluding carboxylic acids is 1. The Morgan fingerprint density at radius 3 is 2.47 bits per heavy atom. The highest BCUT2D eigenvalue weighted by Gasteiger charge is 2.67. The van der Waals surface area contributed by atoms with Crippen LogP contribution in [0.1, 0.15) is 96.8 Å². The zero-order valence-corrected chi connectivity index (χ0v) is 24.4. The molecular formula is C35H47NO2. The van der Waals surface area contributed by atoms with Gasteiger partial charge in [0.15, 0.2) is 0 Å². The van der Waals surface area contributed by atoms with Gasteiger partial charge in [-0.15, -0.1) is 0 Å². The standard InChI is InChI=1S/C35H47NO2/c1-24(37)38-31-21-30-33(4)18-10-17-32(2,3)28(33)15-19-34(30,5)29-14-13-26-22-36(23-27(26)35(29,31)6)20-16-25-11-8-7-9-12-25/h7-9,11-14,22-23,28-31H,10,15-21H2,1-6H3/t28-,29+,30+,31-,33+,34+,35-/m1/s1. The molecule has 0 aliphatic heterocycles. The largest absolute Gasteiger partial charge is 0.462 e. The average Bonchev–Trinajstić information content (AvgIpc) is 3.28. The first-order chi connectivity index (χ1) is 18.0. The number of aromatic nitrogens is 1. The van der Waals surface area contributed by atoms with Gasteiger partial charge in [0.1, 0.15) is 6.10 Å². The summed E-state index contributed by atoms with van der Waals surface area (Å²) in [5.74, 6) is 1.52. The third kappa shape index (κ3) is 3.78. The first-order valence-electron chi connectivity index (χ1n) is 15.1. The van der Waals surface area contributed by atoms with Crippen LogP contribution in [0.2, 0.25) is 0 Å². The van der Waals surface area contributed by atoms with Gasteiger partial charge < -0.3 is 9.30 Å². The monoisotopic (exact) mass is 513 g/mol. The van der Waals surface area contributed by atoms with Gasteiger partial charge in [0.25, 0.3) is 0 Å². The van der Waals surface area contributed by atoms with Crippen molar-refractivity contribution in [3.63, 3.8) is 0 Å². The molecule has 1 aromatic carbocycles. The minimum absolute atomic E-state index is 0.0997. The second-order valence-electron chi connectivity index (χ2n) is 14.6. The van der Waals surface area contributed by atoms with E-state index in [-0.39, 0.29) is 22.9 Å². The Morgan fingerprint density at radius 1 is 0.974 bits per heavy atom. The number of aryl methyl sites for hydroxylation is 2. The molecule has 3 nitrogen and oxygen atoms in total. The molecule has 1 aromatic heterocycles. The summed E-state index contributed by atoms with van der Waals surface area (Å²) in [6.45, 7) is 15.2. The Balaban J connectivity index is 1.39. The van der Waals surface area contributed by atoms with Gasteiger partial charge in [-0.1, -0.05) is 83.5 Å². The Bertz CT molecular complexity index is 1240. The number of hydrogen-bond donors (Lipinski definition) is 0. The first-order valence-corrected chi connectivity index (χ1v) is 15.1. The Labute approximate surface area is 230 Å². The third-order valence-electron chi connectivity index (χ3n) is 12.1. The van der Waals surface area contributed by atoms with E-state index in [1.807, 2.05) is 0 Å². The summed E-state index contributed by atoms with van der Waals surface area (Å²) in [6, 6.07) is 10.7. The second kappa shape index (κ2) is 8.86. The molecule has 0 amide bonds. The number of esters is 1. The topological polar surface area (TPSA) is 31.2 Å². The molecule has 0 radical (unpaired) electrons. The van der Waals surface area contributed by atoms with Crippen LogP contribution in [-0.2, 0) is 27.9 Å². The summed E-state index contributed by atoms with van der Waals surface area (Å²) in [6.07, 6.45) is 18.0. The molecule has 0 unspecified atom stereocenters. The van der Waals surface area contributed by atoms with Crippen molar-refractivity contribution >= 4 is 12.0 Å². The van der Waals surface area contributed by atoms with Gasteiger partial charge in [-0.3, -0.25) is 4.79 Å². The van der Waals surface area contributed by atoms with Crippen molar-refractivity contribution in [2.24, 2.45) is 34.0 Å². The highest BCUT2D eigenvalue weighted by molar-refractivity contribution is 5.67. The fourth-order valence-corrected chi connectivity index (χ4v) is 10.4. The van der Waals surface area contributed by atoms with Crippen molar-refractivity contribution < 1.29 is 9.53 Å². The minimum atomic E-state index is -0.216. The highest BCUT2D eigenvalue weighted by Crippen LogP contribution is 2.72. The molecule has 3 saturated carbocycles. The van der Waals surface area contributed by atoms with E-state index in [1.54, 1.807) is 6.92 Å². The zero-order valence-electron chi connectivity index (χ0n) is 24.4. The number of allylic oxidation sites excluding steroid dienone is 1. The predicted molar refractivity (Wildman–Crippen MR) is 155 cm³/mol. The number of nitrogens with zero attached hydrogens (tertiary/aromatic N) is 1. The Hall–Kier alpha value is -2.29. The quantitative estimate of drug-likeness (QED) is 0.386. The van der Waals surface area contributed by atoms with Gasteiger partial charge in [0.2, 0.25) is 0 Å². The summed E-state index contributed by atoms with van der Waals surface area (Å²) in [5, 5.41) is 0. The lowest BCUT2D eigenvalue weighted by Crippen LogP contribution is -2.66. The molecule has 38 heavy (non-hydrogen) atoms. The lowest BCUT2D eigenvalue weighted by atomic mass is 9.36. The van der Waals surface area contributed by atoms with Crippen LogP contribution < -0.4 is 0 Å². The third-order valence-corrected chi connectivity index (χ3v) is 12.1. The van der Waals surface area contributed by atoms with Crippen LogP contribution in [0.3, 0.4) is 0 Å². The molecule has 204 valence electrons. The summed E-state index contributed by atoms with van der Waals surface area (Å²) in [4.78, 5) is 12.6. The minimum Gasteiger partial charge on any atom is -0.462 e. The molecule has 3 heteroatoms. The predicted octanol–water partition coefficient (Wildman–Crippen LogP) is 8.22. The Kier molecular flexibility index (Phi) is 6.05. The summed E-state index contributed by atoms with van der Waals surface area (Å²) < 4.78 is 8.72. The fourth-order valence-electron chi connectivity index (χ4n) is 10.4. The summed E-state index contributed by atoms with van der Waals surface area (Å²) >= 11 is 0. The molecule has 0 spiro atoms. The smallest absolute Gasteiger partial charge is 0.302 e. The van der Waals surface area contributed by atoms with Crippen LogP contribution in [0.15, 0.2) is 48.8 Å².